The van der Waals surface area contributed by atoms with Gasteiger partial charge in [-0.1, -0.05) is 24.6 Å². The van der Waals surface area contributed by atoms with Crippen molar-refractivity contribution in [2.45, 2.75) is 102 Å². The lowest BCUT2D eigenvalue weighted by atomic mass is 9.83. The number of pyridine rings is 1. The maximum absolute atomic E-state index is 14.0. The molecule has 1 aliphatic carbocycles. The number of carbonyl (C=O) groups is 2. The van der Waals surface area contributed by atoms with Crippen LogP contribution in [0.2, 0.25) is 0 Å². The number of nitrogens with zero attached hydrogens (tertiary/aromatic N) is 3. The predicted molar refractivity (Wildman–Crippen MR) is 176 cm³/mol. The number of hydrogen-bond donors (Lipinski definition) is 1. The van der Waals surface area contributed by atoms with E-state index in [2.05, 4.69) is 10.3 Å². The van der Waals surface area contributed by atoms with Gasteiger partial charge in [-0.05, 0) is 93.8 Å². The van der Waals surface area contributed by atoms with Crippen molar-refractivity contribution in [3.8, 4) is 5.88 Å². The van der Waals surface area contributed by atoms with E-state index in [4.69, 9.17) is 19.3 Å². The average molecular weight is 653 g/mol. The highest BCUT2D eigenvalue weighted by Gasteiger charge is 2.26. The van der Waals surface area contributed by atoms with Crippen molar-refractivity contribution in [2.24, 2.45) is 5.92 Å². The van der Waals surface area contributed by atoms with Crippen LogP contribution in [-0.2, 0) is 16.0 Å². The third kappa shape index (κ3) is 8.66. The van der Waals surface area contributed by atoms with Gasteiger partial charge in [-0.2, -0.15) is 16.9 Å². The van der Waals surface area contributed by atoms with Crippen LogP contribution >= 0.6 is 11.8 Å². The van der Waals surface area contributed by atoms with E-state index in [-0.39, 0.29) is 41.6 Å². The van der Waals surface area contributed by atoms with Gasteiger partial charge in [-0.3, -0.25) is 14.3 Å². The van der Waals surface area contributed by atoms with Crippen LogP contribution in [0.15, 0.2) is 36.5 Å². The van der Waals surface area contributed by atoms with Crippen LogP contribution in [0.1, 0.15) is 97.9 Å². The highest BCUT2D eigenvalue weighted by molar-refractivity contribution is 7.99. The summed E-state index contributed by atoms with van der Waals surface area (Å²) in [5.74, 6) is 2.02. The van der Waals surface area contributed by atoms with Crippen molar-refractivity contribution in [3.05, 3.63) is 53.6 Å². The summed E-state index contributed by atoms with van der Waals surface area (Å²) >= 11 is 1.90. The van der Waals surface area contributed by atoms with Crippen molar-refractivity contribution < 1.29 is 28.2 Å². The quantitative estimate of drug-likeness (QED) is 0.203. The molecule has 3 aliphatic rings. The number of rotatable bonds is 13. The highest BCUT2D eigenvalue weighted by atomic mass is 32.2. The van der Waals surface area contributed by atoms with Crippen molar-refractivity contribution >= 4 is 34.4 Å². The van der Waals surface area contributed by atoms with Crippen LogP contribution in [-0.4, -0.2) is 69.6 Å². The largest absolute Gasteiger partial charge is 0.474 e. The lowest BCUT2D eigenvalue weighted by Crippen LogP contribution is -2.38. The molecule has 1 saturated carbocycles. The Balaban J connectivity index is 0.955. The first-order valence-electron chi connectivity index (χ1n) is 17.0. The Morgan fingerprint density at radius 3 is 2.70 bits per heavy atom. The van der Waals surface area contributed by atoms with E-state index in [0.29, 0.717) is 31.2 Å². The first-order valence-corrected chi connectivity index (χ1v) is 18.1. The number of fused-ring (bicyclic) bond motifs is 1. The topological polar surface area (TPSA) is 105 Å². The molecule has 1 unspecified atom stereocenters. The number of nitrogens with one attached hydrogen (secondary N) is 1. The number of ether oxygens (including phenoxy) is 3. The number of amides is 1. The number of ketones is 1. The van der Waals surface area contributed by atoms with E-state index in [1.807, 2.05) is 40.7 Å². The molecular weight excluding hydrogens is 607 g/mol. The number of hydrogen-bond acceptors (Lipinski definition) is 8. The number of carbonyl (C=O) groups excluding carboxylic acids is 2. The minimum atomic E-state index is -0.520. The molecule has 0 radical (unpaired) electrons. The number of para-hydroxylation sites is 1. The molecule has 9 nitrogen and oxygen atoms in total. The number of Topliss-reactive ketones (excluding diaryl/α,β-unsaturated/α-hetero) is 1. The van der Waals surface area contributed by atoms with Gasteiger partial charge in [-0.25, -0.2) is 9.37 Å². The average Bonchev–Trinajstić information content (AvgIpc) is 3.46. The SMILES string of the molecule is O=C(CCCC1CCC(NC(=O)c2nn(CCOC3CCCCO3)c3ccccc23)CC1)c1cc(F)cnc1OC1CCSCC1. The lowest BCUT2D eigenvalue weighted by molar-refractivity contribution is -0.163. The molecule has 2 saturated heterocycles. The van der Waals surface area contributed by atoms with Gasteiger partial charge >= 0.3 is 0 Å². The van der Waals surface area contributed by atoms with Crippen molar-refractivity contribution in [3.63, 3.8) is 0 Å². The van der Waals surface area contributed by atoms with Gasteiger partial charge in [0.05, 0.1) is 30.4 Å². The molecule has 1 N–H and O–H groups in total. The molecule has 1 aromatic carbocycles. The van der Waals surface area contributed by atoms with Crippen molar-refractivity contribution in [1.29, 1.82) is 0 Å². The smallest absolute Gasteiger partial charge is 0.272 e. The first-order chi connectivity index (χ1) is 22.5. The fraction of sp³-hybridized carbons (Fsp3) is 0.600. The second kappa shape index (κ2) is 16.2. The standard InChI is InChI=1S/C35H45FN4O5S/c36-25-22-29(35(37-23-25)45-27-15-20-46-21-16-27)31(41)9-5-6-24-11-13-26(14-12-24)38-34(42)33-28-7-1-2-8-30(28)40(39-33)17-19-44-32-10-3-4-18-43-32/h1-2,7-8,22-24,26-27,32H,3-6,9-21H2,(H,38,42). The Labute approximate surface area is 274 Å². The Hall–Kier alpha value is -3.02. The van der Waals surface area contributed by atoms with Gasteiger partial charge in [-0.15, -0.1) is 0 Å². The Bertz CT molecular complexity index is 1460. The van der Waals surface area contributed by atoms with Crippen LogP contribution < -0.4 is 10.1 Å². The molecule has 1 amide bonds. The zero-order valence-corrected chi connectivity index (χ0v) is 27.3. The molecule has 11 heteroatoms. The molecule has 4 heterocycles. The summed E-state index contributed by atoms with van der Waals surface area (Å²) in [7, 11) is 0. The fourth-order valence-corrected chi connectivity index (χ4v) is 7.85. The van der Waals surface area contributed by atoms with Crippen LogP contribution in [0.4, 0.5) is 4.39 Å². The van der Waals surface area contributed by atoms with Gasteiger partial charge in [0.2, 0.25) is 5.88 Å². The van der Waals surface area contributed by atoms with Gasteiger partial charge in [0, 0.05) is 24.5 Å². The Morgan fingerprint density at radius 2 is 1.89 bits per heavy atom. The molecule has 1 atom stereocenters. The lowest BCUT2D eigenvalue weighted by Gasteiger charge is -2.29. The minimum Gasteiger partial charge on any atom is -0.474 e. The van der Waals surface area contributed by atoms with E-state index >= 15 is 0 Å². The number of halogens is 1. The van der Waals surface area contributed by atoms with Gasteiger partial charge in [0.1, 0.15) is 11.9 Å². The highest BCUT2D eigenvalue weighted by Crippen LogP contribution is 2.30. The molecule has 0 bridgehead atoms. The summed E-state index contributed by atoms with van der Waals surface area (Å²) in [5, 5.41) is 8.76. The molecule has 3 aromatic rings. The monoisotopic (exact) mass is 652 g/mol. The number of aromatic nitrogens is 3. The molecule has 6 rings (SSSR count). The molecule has 46 heavy (non-hydrogen) atoms. The fourth-order valence-electron chi connectivity index (χ4n) is 6.79. The van der Waals surface area contributed by atoms with Crippen LogP contribution in [0.5, 0.6) is 5.88 Å². The van der Waals surface area contributed by atoms with Crippen LogP contribution in [0.25, 0.3) is 10.9 Å². The molecule has 248 valence electrons. The molecule has 0 spiro atoms. The summed E-state index contributed by atoms with van der Waals surface area (Å²) in [5.41, 5.74) is 1.62. The third-order valence-corrected chi connectivity index (χ3v) is 10.4. The predicted octanol–water partition coefficient (Wildman–Crippen LogP) is 6.73. The Kier molecular flexibility index (Phi) is 11.6. The van der Waals surface area contributed by atoms with Crippen molar-refractivity contribution in [2.75, 3.05) is 24.7 Å². The summed E-state index contributed by atoms with van der Waals surface area (Å²) in [6.07, 6.45) is 11.7. The maximum atomic E-state index is 14.0. The summed E-state index contributed by atoms with van der Waals surface area (Å²) in [4.78, 5) is 30.6. The van der Waals surface area contributed by atoms with E-state index in [9.17, 15) is 14.0 Å². The van der Waals surface area contributed by atoms with Gasteiger partial charge in [0.25, 0.3) is 5.91 Å². The van der Waals surface area contributed by atoms with Crippen LogP contribution in [0.3, 0.4) is 0 Å². The zero-order chi connectivity index (χ0) is 31.7. The number of thioether (sulfide) groups is 1. The maximum Gasteiger partial charge on any atom is 0.272 e. The van der Waals surface area contributed by atoms with Gasteiger partial charge in [0.15, 0.2) is 17.8 Å². The van der Waals surface area contributed by atoms with E-state index in [1.54, 1.807) is 0 Å². The second-order valence-corrected chi connectivity index (χ2v) is 13.9. The summed E-state index contributed by atoms with van der Waals surface area (Å²) < 4.78 is 33.5. The van der Waals surface area contributed by atoms with E-state index in [0.717, 1.165) is 106 Å². The zero-order valence-electron chi connectivity index (χ0n) is 26.5. The number of benzene rings is 1. The second-order valence-electron chi connectivity index (χ2n) is 12.7. The van der Waals surface area contributed by atoms with Gasteiger partial charge < -0.3 is 19.5 Å². The molecular formula is C35H45FN4O5S. The first kappa shape index (κ1) is 32.9. The van der Waals surface area contributed by atoms with E-state index in [1.165, 1.54) is 6.07 Å². The van der Waals surface area contributed by atoms with Crippen LogP contribution in [0, 0.1) is 11.7 Å². The normalized spacial score (nSPS) is 22.5. The molecule has 2 aromatic heterocycles. The minimum absolute atomic E-state index is 0.0250. The van der Waals surface area contributed by atoms with E-state index < -0.39 is 5.82 Å². The van der Waals surface area contributed by atoms with Crippen molar-refractivity contribution in [1.82, 2.24) is 20.1 Å². The third-order valence-electron chi connectivity index (χ3n) is 9.38. The summed E-state index contributed by atoms with van der Waals surface area (Å²) in [6, 6.07) is 9.19. The Morgan fingerprint density at radius 1 is 1.07 bits per heavy atom. The molecule has 2 aliphatic heterocycles. The summed E-state index contributed by atoms with van der Waals surface area (Å²) in [6.45, 7) is 1.76. The molecule has 3 fully saturated rings.